The molecule has 0 saturated carbocycles. The Morgan fingerprint density at radius 1 is 1.67 bits per heavy atom. The van der Waals surface area contributed by atoms with Crippen LogP contribution in [0.25, 0.3) is 0 Å². The molecule has 0 amide bonds. The van der Waals surface area contributed by atoms with E-state index in [1.807, 2.05) is 18.3 Å². The van der Waals surface area contributed by atoms with E-state index in [1.165, 1.54) is 0 Å². The van der Waals surface area contributed by atoms with Gasteiger partial charge < -0.3 is 16.0 Å². The molecule has 0 aliphatic heterocycles. The van der Waals surface area contributed by atoms with Crippen LogP contribution in [0.1, 0.15) is 5.69 Å². The van der Waals surface area contributed by atoms with E-state index in [-0.39, 0.29) is 5.96 Å². The van der Waals surface area contributed by atoms with Crippen molar-refractivity contribution in [1.29, 1.82) is 5.41 Å². The van der Waals surface area contributed by atoms with Crippen molar-refractivity contribution in [2.24, 2.45) is 10.7 Å². The van der Waals surface area contributed by atoms with Crippen LogP contribution in [0.4, 0.5) is 0 Å². The van der Waals surface area contributed by atoms with E-state index in [0.717, 1.165) is 18.7 Å². The average molecular weight is 208 g/mol. The molecule has 1 heterocycles. The first-order valence-corrected chi connectivity index (χ1v) is 4.66. The van der Waals surface area contributed by atoms with Crippen molar-refractivity contribution in [3.05, 3.63) is 24.0 Å². The van der Waals surface area contributed by atoms with Gasteiger partial charge in [0.25, 0.3) is 0 Å². The molecule has 0 saturated heterocycles. The number of aromatic amines is 1. The first kappa shape index (κ1) is 11.1. The van der Waals surface area contributed by atoms with Crippen molar-refractivity contribution in [3.63, 3.8) is 0 Å². The second-order valence-electron chi connectivity index (χ2n) is 2.98. The fraction of sp³-hybridized carbons (Fsp3) is 0.333. The molecule has 0 aromatic carbocycles. The van der Waals surface area contributed by atoms with Crippen LogP contribution in [0.3, 0.4) is 0 Å². The molecule has 1 rings (SSSR count). The molecule has 6 N–H and O–H groups in total. The summed E-state index contributed by atoms with van der Waals surface area (Å²) in [5.74, 6) is 0.386. The number of guanidine groups is 2. The lowest BCUT2D eigenvalue weighted by Gasteiger charge is -2.09. The van der Waals surface area contributed by atoms with E-state index in [2.05, 4.69) is 20.6 Å². The lowest BCUT2D eigenvalue weighted by Crippen LogP contribution is -2.44. The average Bonchev–Trinajstić information content (AvgIpc) is 2.68. The quantitative estimate of drug-likeness (QED) is 0.345. The van der Waals surface area contributed by atoms with E-state index in [4.69, 9.17) is 11.1 Å². The number of aromatic nitrogens is 1. The molecule has 0 radical (unpaired) electrons. The van der Waals surface area contributed by atoms with Crippen LogP contribution in [0.5, 0.6) is 0 Å². The van der Waals surface area contributed by atoms with Gasteiger partial charge in [-0.2, -0.15) is 0 Å². The molecule has 1 aromatic rings. The Morgan fingerprint density at radius 3 is 3.00 bits per heavy atom. The van der Waals surface area contributed by atoms with Crippen molar-refractivity contribution >= 4 is 11.9 Å². The Kier molecular flexibility index (Phi) is 4.21. The van der Waals surface area contributed by atoms with E-state index < -0.39 is 0 Å². The summed E-state index contributed by atoms with van der Waals surface area (Å²) < 4.78 is 0. The molecule has 6 nitrogen and oxygen atoms in total. The monoisotopic (exact) mass is 208 g/mol. The fourth-order valence-corrected chi connectivity index (χ4v) is 1.15. The highest BCUT2D eigenvalue weighted by Crippen LogP contribution is 1.93. The first-order chi connectivity index (χ1) is 7.22. The third kappa shape index (κ3) is 4.17. The van der Waals surface area contributed by atoms with Crippen LogP contribution in [0.2, 0.25) is 0 Å². The number of rotatable bonds is 3. The van der Waals surface area contributed by atoms with Crippen LogP contribution in [0.15, 0.2) is 23.3 Å². The Labute approximate surface area is 88.5 Å². The third-order valence-electron chi connectivity index (χ3n) is 1.83. The van der Waals surface area contributed by atoms with Crippen molar-refractivity contribution in [2.45, 2.75) is 6.42 Å². The SMILES string of the molecule is C/N=C(/NCCc1ccc[nH]1)NC(=N)N. The Hall–Kier alpha value is -1.98. The summed E-state index contributed by atoms with van der Waals surface area (Å²) in [6.45, 7) is 0.730. The second kappa shape index (κ2) is 5.69. The summed E-state index contributed by atoms with van der Waals surface area (Å²) in [6.07, 6.45) is 2.75. The van der Waals surface area contributed by atoms with Gasteiger partial charge in [-0.3, -0.25) is 15.7 Å². The Balaban J connectivity index is 2.26. The number of nitrogens with zero attached hydrogens (tertiary/aromatic N) is 1. The van der Waals surface area contributed by atoms with Crippen LogP contribution in [0, 0.1) is 5.41 Å². The zero-order valence-electron chi connectivity index (χ0n) is 8.67. The molecule has 0 atom stereocenters. The third-order valence-corrected chi connectivity index (χ3v) is 1.83. The minimum absolute atomic E-state index is 0.122. The van der Waals surface area contributed by atoms with Gasteiger partial charge in [0.05, 0.1) is 0 Å². The lowest BCUT2D eigenvalue weighted by atomic mass is 10.3. The predicted octanol–water partition coefficient (Wildman–Crippen LogP) is -0.384. The largest absolute Gasteiger partial charge is 0.370 e. The van der Waals surface area contributed by atoms with Crippen LogP contribution in [-0.2, 0) is 6.42 Å². The van der Waals surface area contributed by atoms with Crippen molar-refractivity contribution < 1.29 is 0 Å². The second-order valence-corrected chi connectivity index (χ2v) is 2.98. The van der Waals surface area contributed by atoms with Gasteiger partial charge in [0.15, 0.2) is 11.9 Å². The molecule has 0 aliphatic carbocycles. The molecular formula is C9H16N6. The zero-order chi connectivity index (χ0) is 11.1. The fourth-order valence-electron chi connectivity index (χ4n) is 1.15. The summed E-state index contributed by atoms with van der Waals surface area (Å²) >= 11 is 0. The van der Waals surface area contributed by atoms with Gasteiger partial charge in [0.1, 0.15) is 0 Å². The predicted molar refractivity (Wildman–Crippen MR) is 60.9 cm³/mol. The maximum Gasteiger partial charge on any atom is 0.197 e. The van der Waals surface area contributed by atoms with Crippen LogP contribution in [-0.4, -0.2) is 30.5 Å². The molecule has 0 spiro atoms. The van der Waals surface area contributed by atoms with Crippen LogP contribution < -0.4 is 16.4 Å². The number of aliphatic imine (C=N–C) groups is 1. The summed E-state index contributed by atoms with van der Waals surface area (Å²) in [5, 5.41) is 12.7. The number of nitrogens with one attached hydrogen (secondary N) is 4. The highest BCUT2D eigenvalue weighted by molar-refractivity contribution is 5.96. The highest BCUT2D eigenvalue weighted by atomic mass is 15.2. The normalized spacial score (nSPS) is 11.1. The molecule has 0 unspecified atom stereocenters. The van der Waals surface area contributed by atoms with Crippen molar-refractivity contribution in [1.82, 2.24) is 15.6 Å². The standard InChI is InChI=1S/C9H16N6/c1-12-9(15-8(10)11)14-6-4-7-3-2-5-13-7/h2-3,5,13H,4,6H2,1H3,(H5,10,11,12,14,15). The molecule has 0 bridgehead atoms. The van der Waals surface area contributed by atoms with Crippen molar-refractivity contribution in [3.8, 4) is 0 Å². The molecule has 15 heavy (non-hydrogen) atoms. The van der Waals surface area contributed by atoms with E-state index in [0.29, 0.717) is 5.96 Å². The summed E-state index contributed by atoms with van der Waals surface area (Å²) in [6, 6.07) is 3.97. The van der Waals surface area contributed by atoms with Gasteiger partial charge in [-0.15, -0.1) is 0 Å². The van der Waals surface area contributed by atoms with Gasteiger partial charge in [0, 0.05) is 31.9 Å². The molecule has 0 fully saturated rings. The van der Waals surface area contributed by atoms with E-state index in [9.17, 15) is 0 Å². The summed E-state index contributed by atoms with van der Waals surface area (Å²) in [5.41, 5.74) is 6.33. The maximum atomic E-state index is 7.04. The summed E-state index contributed by atoms with van der Waals surface area (Å²) in [4.78, 5) is 7.01. The Bertz CT molecular complexity index is 326. The van der Waals surface area contributed by atoms with Crippen molar-refractivity contribution in [2.75, 3.05) is 13.6 Å². The maximum absolute atomic E-state index is 7.04. The number of H-pyrrole nitrogens is 1. The minimum atomic E-state index is -0.122. The zero-order valence-corrected chi connectivity index (χ0v) is 8.67. The molecule has 6 heteroatoms. The van der Waals surface area contributed by atoms with Gasteiger partial charge in [-0.25, -0.2) is 0 Å². The number of nitrogens with two attached hydrogens (primary N) is 1. The first-order valence-electron chi connectivity index (χ1n) is 4.66. The van der Waals surface area contributed by atoms with Gasteiger partial charge in [-0.05, 0) is 12.1 Å². The van der Waals surface area contributed by atoms with E-state index in [1.54, 1.807) is 7.05 Å². The molecule has 0 aliphatic rings. The minimum Gasteiger partial charge on any atom is -0.370 e. The smallest absolute Gasteiger partial charge is 0.197 e. The molecular weight excluding hydrogens is 192 g/mol. The van der Waals surface area contributed by atoms with Gasteiger partial charge in [-0.1, -0.05) is 0 Å². The van der Waals surface area contributed by atoms with Crippen LogP contribution >= 0.6 is 0 Å². The molecule has 82 valence electrons. The Morgan fingerprint density at radius 2 is 2.47 bits per heavy atom. The highest BCUT2D eigenvalue weighted by Gasteiger charge is 1.98. The topological polar surface area (TPSA) is 102 Å². The van der Waals surface area contributed by atoms with E-state index >= 15 is 0 Å². The summed E-state index contributed by atoms with van der Waals surface area (Å²) in [7, 11) is 1.63. The lowest BCUT2D eigenvalue weighted by molar-refractivity contribution is 0.829. The van der Waals surface area contributed by atoms with Gasteiger partial charge >= 0.3 is 0 Å². The molecule has 1 aromatic heterocycles. The number of hydrogen-bond acceptors (Lipinski definition) is 2. The van der Waals surface area contributed by atoms with Gasteiger partial charge in [0.2, 0.25) is 0 Å². The number of hydrogen-bond donors (Lipinski definition) is 5.